The molecule has 0 spiro atoms. The molecule has 0 atom stereocenters. The van der Waals surface area contributed by atoms with Gasteiger partial charge in [0.1, 0.15) is 11.9 Å². The second-order valence-electron chi connectivity index (χ2n) is 5.46. The highest BCUT2D eigenvalue weighted by Gasteiger charge is 2.07. The van der Waals surface area contributed by atoms with E-state index in [-0.39, 0.29) is 11.6 Å². The van der Waals surface area contributed by atoms with Crippen molar-refractivity contribution < 1.29 is 9.66 Å². The van der Waals surface area contributed by atoms with Crippen LogP contribution in [0, 0.1) is 21.4 Å². The Hall–Kier alpha value is -3.50. The molecule has 0 saturated carbocycles. The molecule has 6 nitrogen and oxygen atoms in total. The minimum Gasteiger partial charge on any atom is -0.439 e. The summed E-state index contributed by atoms with van der Waals surface area (Å²) in [6.07, 6.45) is 2.93. The molecule has 2 aromatic carbocycles. The van der Waals surface area contributed by atoms with Gasteiger partial charge in [0.05, 0.1) is 16.6 Å². The summed E-state index contributed by atoms with van der Waals surface area (Å²) < 4.78 is 6.52. The zero-order valence-electron chi connectivity index (χ0n) is 13.9. The summed E-state index contributed by atoms with van der Waals surface area (Å²) in [6.45, 7) is 0. The molecular weight excluding hydrogens is 410 g/mol. The molecule has 0 saturated heterocycles. The summed E-state index contributed by atoms with van der Waals surface area (Å²) in [5, 5.41) is 20.0. The molecule has 0 N–H and O–H groups in total. The first-order valence-electron chi connectivity index (χ1n) is 7.81. The summed E-state index contributed by atoms with van der Waals surface area (Å²) in [7, 11) is 0. The third-order valence-corrected chi connectivity index (χ3v) is 4.15. The van der Waals surface area contributed by atoms with E-state index in [0.29, 0.717) is 11.3 Å². The van der Waals surface area contributed by atoms with Crippen LogP contribution in [0.5, 0.6) is 11.6 Å². The molecule has 0 amide bonds. The number of hydrogen-bond donors (Lipinski definition) is 0. The second-order valence-corrected chi connectivity index (χ2v) is 6.38. The molecule has 1 aromatic heterocycles. The number of pyridine rings is 1. The van der Waals surface area contributed by atoms with Crippen LogP contribution < -0.4 is 4.74 Å². The highest BCUT2D eigenvalue weighted by molar-refractivity contribution is 9.10. The van der Waals surface area contributed by atoms with Gasteiger partial charge in [0, 0.05) is 16.6 Å². The van der Waals surface area contributed by atoms with E-state index >= 15 is 0 Å². The van der Waals surface area contributed by atoms with Gasteiger partial charge in [-0.05, 0) is 41.5 Å². The molecule has 0 radical (unpaired) electrons. The highest BCUT2D eigenvalue weighted by Crippen LogP contribution is 2.24. The van der Waals surface area contributed by atoms with Crippen molar-refractivity contribution in [2.45, 2.75) is 0 Å². The molecular formula is C20H12BrN3O3. The third kappa shape index (κ3) is 4.77. The Balaban J connectivity index is 1.75. The molecule has 0 aliphatic rings. The molecule has 1 heterocycles. The molecule has 132 valence electrons. The van der Waals surface area contributed by atoms with Gasteiger partial charge in [0.2, 0.25) is 5.88 Å². The van der Waals surface area contributed by atoms with Gasteiger partial charge in [-0.1, -0.05) is 40.2 Å². The monoisotopic (exact) mass is 421 g/mol. The molecule has 3 rings (SSSR count). The predicted molar refractivity (Wildman–Crippen MR) is 105 cm³/mol. The number of hydrogen-bond acceptors (Lipinski definition) is 5. The third-order valence-electron chi connectivity index (χ3n) is 3.62. The standard InChI is InChI=1S/C20H12BrN3O3/c21-17-5-3-15(4-6-17)16(12-22)11-14-1-8-19(9-2-14)27-20-10-7-18(13-23-20)24(25)26/h1-11,13H. The number of rotatable bonds is 5. The van der Waals surface area contributed by atoms with Gasteiger partial charge in [0.25, 0.3) is 5.69 Å². The Labute approximate surface area is 163 Å². The smallest absolute Gasteiger partial charge is 0.287 e. The minimum atomic E-state index is -0.518. The summed E-state index contributed by atoms with van der Waals surface area (Å²) in [4.78, 5) is 14.0. The predicted octanol–water partition coefficient (Wildman–Crippen LogP) is 5.61. The van der Waals surface area contributed by atoms with E-state index in [4.69, 9.17) is 4.74 Å². The number of halogens is 1. The van der Waals surface area contributed by atoms with Gasteiger partial charge in [-0.2, -0.15) is 5.26 Å². The summed E-state index contributed by atoms with van der Waals surface area (Å²) >= 11 is 3.37. The molecule has 0 unspecified atom stereocenters. The maximum absolute atomic E-state index is 10.6. The van der Waals surface area contributed by atoms with Crippen LogP contribution in [0.3, 0.4) is 0 Å². The van der Waals surface area contributed by atoms with Crippen LogP contribution in [0.1, 0.15) is 11.1 Å². The Kier molecular flexibility index (Phi) is 5.59. The highest BCUT2D eigenvalue weighted by atomic mass is 79.9. The molecule has 0 aliphatic heterocycles. The molecule has 0 aliphatic carbocycles. The van der Waals surface area contributed by atoms with Crippen molar-refractivity contribution in [2.75, 3.05) is 0 Å². The van der Waals surface area contributed by atoms with E-state index in [1.807, 2.05) is 36.4 Å². The first-order chi connectivity index (χ1) is 13.0. The van der Waals surface area contributed by atoms with Crippen LogP contribution in [0.4, 0.5) is 5.69 Å². The number of nitrogens with zero attached hydrogens (tertiary/aromatic N) is 3. The Morgan fingerprint density at radius 3 is 2.37 bits per heavy atom. The van der Waals surface area contributed by atoms with Crippen molar-refractivity contribution in [3.63, 3.8) is 0 Å². The van der Waals surface area contributed by atoms with E-state index in [1.54, 1.807) is 18.2 Å². The second kappa shape index (κ2) is 8.25. The van der Waals surface area contributed by atoms with Crippen LogP contribution in [0.15, 0.2) is 71.3 Å². The summed E-state index contributed by atoms with van der Waals surface area (Å²) in [5.74, 6) is 0.798. The SMILES string of the molecule is N#CC(=Cc1ccc(Oc2ccc([N+](=O)[O-])cn2)cc1)c1ccc(Br)cc1. The van der Waals surface area contributed by atoms with E-state index in [0.717, 1.165) is 21.8 Å². The first-order valence-corrected chi connectivity index (χ1v) is 8.60. The molecule has 0 fully saturated rings. The molecule has 7 heteroatoms. The van der Waals surface area contributed by atoms with Crippen molar-refractivity contribution in [1.82, 2.24) is 4.98 Å². The normalized spacial score (nSPS) is 10.9. The lowest BCUT2D eigenvalue weighted by atomic mass is 10.0. The zero-order valence-corrected chi connectivity index (χ0v) is 15.5. The maximum atomic E-state index is 10.6. The van der Waals surface area contributed by atoms with Gasteiger partial charge in [-0.3, -0.25) is 10.1 Å². The van der Waals surface area contributed by atoms with Crippen molar-refractivity contribution in [1.29, 1.82) is 5.26 Å². The first kappa shape index (κ1) is 18.3. The van der Waals surface area contributed by atoms with E-state index < -0.39 is 4.92 Å². The fourth-order valence-electron chi connectivity index (χ4n) is 2.27. The number of allylic oxidation sites excluding steroid dienone is 1. The van der Waals surface area contributed by atoms with Crippen LogP contribution >= 0.6 is 15.9 Å². The average molecular weight is 422 g/mol. The Bertz CT molecular complexity index is 1020. The number of nitro groups is 1. The zero-order chi connectivity index (χ0) is 19.2. The Morgan fingerprint density at radius 1 is 1.11 bits per heavy atom. The van der Waals surface area contributed by atoms with Gasteiger partial charge in [-0.25, -0.2) is 4.98 Å². The lowest BCUT2D eigenvalue weighted by molar-refractivity contribution is -0.385. The lowest BCUT2D eigenvalue weighted by Gasteiger charge is -2.05. The van der Waals surface area contributed by atoms with Crippen molar-refractivity contribution >= 4 is 33.3 Å². The number of benzene rings is 2. The number of ether oxygens (including phenoxy) is 1. The summed E-state index contributed by atoms with van der Waals surface area (Å²) in [5.41, 5.74) is 2.13. The maximum Gasteiger partial charge on any atom is 0.287 e. The average Bonchev–Trinajstić information content (AvgIpc) is 2.68. The van der Waals surface area contributed by atoms with Crippen molar-refractivity contribution in [2.24, 2.45) is 0 Å². The van der Waals surface area contributed by atoms with Gasteiger partial charge in [0.15, 0.2) is 0 Å². The number of nitriles is 1. The molecule has 27 heavy (non-hydrogen) atoms. The van der Waals surface area contributed by atoms with Crippen LogP contribution in [0.2, 0.25) is 0 Å². The lowest BCUT2D eigenvalue weighted by Crippen LogP contribution is -1.91. The quantitative estimate of drug-likeness (QED) is 0.231. The van der Waals surface area contributed by atoms with E-state index in [9.17, 15) is 15.4 Å². The van der Waals surface area contributed by atoms with Crippen molar-refractivity contribution in [3.05, 3.63) is 92.6 Å². The van der Waals surface area contributed by atoms with E-state index in [2.05, 4.69) is 27.0 Å². The van der Waals surface area contributed by atoms with Gasteiger partial charge < -0.3 is 4.74 Å². The van der Waals surface area contributed by atoms with Crippen LogP contribution in [-0.2, 0) is 0 Å². The molecule has 3 aromatic rings. The van der Waals surface area contributed by atoms with E-state index in [1.165, 1.54) is 12.1 Å². The van der Waals surface area contributed by atoms with Gasteiger partial charge >= 0.3 is 0 Å². The molecule has 0 bridgehead atoms. The van der Waals surface area contributed by atoms with Crippen LogP contribution in [0.25, 0.3) is 11.6 Å². The fourth-order valence-corrected chi connectivity index (χ4v) is 2.53. The fraction of sp³-hybridized carbons (Fsp3) is 0. The largest absolute Gasteiger partial charge is 0.439 e. The van der Waals surface area contributed by atoms with Gasteiger partial charge in [-0.15, -0.1) is 0 Å². The van der Waals surface area contributed by atoms with Crippen molar-refractivity contribution in [3.8, 4) is 17.7 Å². The Morgan fingerprint density at radius 2 is 1.81 bits per heavy atom. The minimum absolute atomic E-state index is 0.0974. The van der Waals surface area contributed by atoms with Crippen LogP contribution in [-0.4, -0.2) is 9.91 Å². The number of aromatic nitrogens is 1. The summed E-state index contributed by atoms with van der Waals surface area (Å²) in [6, 6.07) is 19.6. The topological polar surface area (TPSA) is 89.0 Å².